The number of aliphatic imine (C=N–C) groups is 2. The molecule has 216 valence electrons. The minimum absolute atomic E-state index is 0.0282. The zero-order chi connectivity index (χ0) is 30.3. The number of allylic oxidation sites excluding steroid dienone is 2. The van der Waals surface area contributed by atoms with Crippen molar-refractivity contribution in [1.29, 1.82) is 5.41 Å². The van der Waals surface area contributed by atoms with Gasteiger partial charge in [0.15, 0.2) is 5.75 Å². The largest absolute Gasteiger partial charge is 0.494 e. The summed E-state index contributed by atoms with van der Waals surface area (Å²) in [4.78, 5) is 39.2. The number of nitrogens with zero attached hydrogens (tertiary/aromatic N) is 4. The number of likely N-dealkylation sites (N-methyl/N-ethyl adjacent to an activating group) is 1. The molecular weight excluding hydrogens is 520 g/mol. The summed E-state index contributed by atoms with van der Waals surface area (Å²) < 4.78 is 5.79. The molecule has 0 unspecified atom stereocenters. The van der Waals surface area contributed by atoms with E-state index >= 15 is 0 Å². The predicted octanol–water partition coefficient (Wildman–Crippen LogP) is 3.70. The molecule has 1 aliphatic carbocycles. The Morgan fingerprint density at radius 3 is 2.46 bits per heavy atom. The molecule has 6 N–H and O–H groups in total. The first-order valence-corrected chi connectivity index (χ1v) is 13.2. The molecule has 11 nitrogen and oxygen atoms in total. The van der Waals surface area contributed by atoms with Gasteiger partial charge in [-0.25, -0.2) is 0 Å². The highest BCUT2D eigenvalue weighted by Crippen LogP contribution is 2.39. The lowest BCUT2D eigenvalue weighted by atomic mass is 10.0. The second kappa shape index (κ2) is 13.5. The summed E-state index contributed by atoms with van der Waals surface area (Å²) >= 11 is 0. The van der Waals surface area contributed by atoms with Gasteiger partial charge in [0.2, 0.25) is 0 Å². The van der Waals surface area contributed by atoms with Gasteiger partial charge in [0.05, 0.1) is 35.5 Å². The number of hydrogen-bond acceptors (Lipinski definition) is 8. The highest BCUT2D eigenvalue weighted by Gasteiger charge is 2.29. The molecule has 3 rings (SSSR count). The Morgan fingerprint density at radius 1 is 1.22 bits per heavy atom. The topological polar surface area (TPSA) is 172 Å². The number of aryl methyl sites for hydroxylation is 1. The number of pyridine rings is 1. The molecule has 0 atom stereocenters. The number of aromatic nitrogens is 1. The van der Waals surface area contributed by atoms with Crippen LogP contribution >= 0.6 is 0 Å². The Bertz CT molecular complexity index is 1450. The van der Waals surface area contributed by atoms with Crippen molar-refractivity contribution in [3.8, 4) is 17.0 Å². The first-order chi connectivity index (χ1) is 19.5. The SMILES string of the molecule is CN=C/C(CN(C)C(=O)c1ccc(-c2c(C)ccc(N/C(=C/C(N)=NC(=O)C3CC3)C(C)=N)c2OC)nc1)=C(/C)N. The molecule has 41 heavy (non-hydrogen) atoms. The minimum atomic E-state index is -0.240. The van der Waals surface area contributed by atoms with Crippen LogP contribution in [0.15, 0.2) is 63.5 Å². The molecule has 2 aromatic rings. The zero-order valence-corrected chi connectivity index (χ0v) is 24.4. The lowest BCUT2D eigenvalue weighted by molar-refractivity contribution is -0.118. The smallest absolute Gasteiger partial charge is 0.255 e. The van der Waals surface area contributed by atoms with E-state index in [1.807, 2.05) is 19.1 Å². The summed E-state index contributed by atoms with van der Waals surface area (Å²) in [5, 5.41) is 11.4. The Hall–Kier alpha value is -4.80. The fourth-order valence-corrected chi connectivity index (χ4v) is 4.06. The van der Waals surface area contributed by atoms with Crippen molar-refractivity contribution in [2.75, 3.05) is 33.1 Å². The van der Waals surface area contributed by atoms with Gasteiger partial charge < -0.3 is 31.8 Å². The fraction of sp³-hybridized carbons (Fsp3) is 0.333. The quantitative estimate of drug-likeness (QED) is 0.240. The number of rotatable bonds is 11. The third kappa shape index (κ3) is 7.87. The summed E-state index contributed by atoms with van der Waals surface area (Å²) in [6, 6.07) is 7.21. The Morgan fingerprint density at radius 2 is 1.93 bits per heavy atom. The van der Waals surface area contributed by atoms with E-state index in [-0.39, 0.29) is 29.3 Å². The van der Waals surface area contributed by atoms with Crippen LogP contribution in [-0.4, -0.2) is 67.2 Å². The van der Waals surface area contributed by atoms with E-state index in [1.54, 1.807) is 58.3 Å². The number of anilines is 1. The molecule has 0 spiro atoms. The van der Waals surface area contributed by atoms with E-state index in [0.717, 1.165) is 29.5 Å². The molecule has 11 heteroatoms. The minimum Gasteiger partial charge on any atom is -0.494 e. The maximum atomic E-state index is 13.1. The summed E-state index contributed by atoms with van der Waals surface area (Å²) in [6.45, 7) is 5.62. The van der Waals surface area contributed by atoms with E-state index in [4.69, 9.17) is 21.6 Å². The van der Waals surface area contributed by atoms with Gasteiger partial charge in [0.1, 0.15) is 5.84 Å². The number of amides is 2. The Labute approximate surface area is 240 Å². The Kier molecular flexibility index (Phi) is 10.1. The number of carbonyl (C=O) groups is 2. The maximum Gasteiger partial charge on any atom is 0.255 e. The molecular formula is C30H38N8O3. The highest BCUT2D eigenvalue weighted by molar-refractivity contribution is 6.08. The number of amidine groups is 1. The summed E-state index contributed by atoms with van der Waals surface area (Å²) in [7, 11) is 4.89. The number of carbonyl (C=O) groups excluding carboxylic acids is 2. The van der Waals surface area contributed by atoms with Crippen LogP contribution in [0.1, 0.15) is 42.6 Å². The lowest BCUT2D eigenvalue weighted by Gasteiger charge is -2.20. The van der Waals surface area contributed by atoms with Crippen LogP contribution in [0.4, 0.5) is 5.69 Å². The van der Waals surface area contributed by atoms with Crippen molar-refractivity contribution in [1.82, 2.24) is 9.88 Å². The molecule has 2 amide bonds. The fourth-order valence-electron chi connectivity index (χ4n) is 4.06. The Balaban J connectivity index is 1.90. The molecule has 1 saturated carbocycles. The molecule has 1 aromatic heterocycles. The zero-order valence-electron chi connectivity index (χ0n) is 24.4. The number of hydrogen-bond donors (Lipinski definition) is 4. The molecule has 0 aliphatic heterocycles. The van der Waals surface area contributed by atoms with Crippen LogP contribution in [-0.2, 0) is 4.79 Å². The monoisotopic (exact) mass is 558 g/mol. The maximum absolute atomic E-state index is 13.1. The van der Waals surface area contributed by atoms with Crippen LogP contribution in [0.3, 0.4) is 0 Å². The average Bonchev–Trinajstić information content (AvgIpc) is 3.78. The van der Waals surface area contributed by atoms with Gasteiger partial charge in [-0.05, 0) is 57.4 Å². The standard InChI is InChI=1S/C30H38N8O3/c1-17-7-11-24(36-25(19(3)32)13-26(33)37-29(39)20-8-9-20)28(41-6)27(17)23-12-10-21(15-35-23)30(40)38(5)16-22(14-34-4)18(2)31/h7,10-15,20,32,36H,8-9,16,31H2,1-6H3,(H2,33,37,39)/b22-18+,25-13+,32-19?,34-14?. The van der Waals surface area contributed by atoms with Crippen LogP contribution < -0.4 is 21.5 Å². The first-order valence-electron chi connectivity index (χ1n) is 13.2. The van der Waals surface area contributed by atoms with Crippen molar-refractivity contribution in [2.45, 2.75) is 33.6 Å². The summed E-state index contributed by atoms with van der Waals surface area (Å²) in [5.41, 5.74) is 17.1. The third-order valence-corrected chi connectivity index (χ3v) is 6.51. The summed E-state index contributed by atoms with van der Waals surface area (Å²) in [5.74, 6) is 0.0324. The second-order valence-electron chi connectivity index (χ2n) is 9.98. The van der Waals surface area contributed by atoms with Crippen LogP contribution in [0.25, 0.3) is 11.3 Å². The molecule has 1 heterocycles. The molecule has 0 bridgehead atoms. The third-order valence-electron chi connectivity index (χ3n) is 6.51. The van der Waals surface area contributed by atoms with Crippen molar-refractivity contribution < 1.29 is 14.3 Å². The van der Waals surface area contributed by atoms with Gasteiger partial charge in [-0.2, -0.15) is 4.99 Å². The van der Waals surface area contributed by atoms with Gasteiger partial charge in [-0.15, -0.1) is 0 Å². The predicted molar refractivity (Wildman–Crippen MR) is 164 cm³/mol. The van der Waals surface area contributed by atoms with Crippen molar-refractivity contribution in [3.63, 3.8) is 0 Å². The van der Waals surface area contributed by atoms with E-state index < -0.39 is 0 Å². The molecule has 0 saturated heterocycles. The second-order valence-corrected chi connectivity index (χ2v) is 9.98. The van der Waals surface area contributed by atoms with Crippen molar-refractivity contribution >= 4 is 35.3 Å². The van der Waals surface area contributed by atoms with Crippen molar-refractivity contribution in [3.05, 3.63) is 64.6 Å². The van der Waals surface area contributed by atoms with Gasteiger partial charge in [0, 0.05) is 61.9 Å². The summed E-state index contributed by atoms with van der Waals surface area (Å²) in [6.07, 6.45) is 6.30. The molecule has 0 radical (unpaired) electrons. The van der Waals surface area contributed by atoms with Crippen LogP contribution in [0.5, 0.6) is 5.75 Å². The molecule has 1 fully saturated rings. The number of methoxy groups -OCH3 is 1. The number of benzene rings is 1. The van der Waals surface area contributed by atoms with Gasteiger partial charge in [0.25, 0.3) is 11.8 Å². The van der Waals surface area contributed by atoms with Gasteiger partial charge in [-0.3, -0.25) is 19.6 Å². The van der Waals surface area contributed by atoms with E-state index in [1.165, 1.54) is 12.3 Å². The molecule has 1 aliphatic rings. The molecule has 1 aromatic carbocycles. The van der Waals surface area contributed by atoms with Gasteiger partial charge >= 0.3 is 0 Å². The van der Waals surface area contributed by atoms with Gasteiger partial charge in [-0.1, -0.05) is 6.07 Å². The normalized spacial score (nSPS) is 14.5. The van der Waals surface area contributed by atoms with Crippen LogP contribution in [0, 0.1) is 18.3 Å². The average molecular weight is 559 g/mol. The number of nitrogens with two attached hydrogens (primary N) is 2. The first kappa shape index (κ1) is 30.7. The van der Waals surface area contributed by atoms with Crippen LogP contribution in [0.2, 0.25) is 0 Å². The lowest BCUT2D eigenvalue weighted by Crippen LogP contribution is -2.30. The van der Waals surface area contributed by atoms with E-state index in [0.29, 0.717) is 40.6 Å². The number of ether oxygens (including phenoxy) is 1. The number of nitrogens with one attached hydrogen (secondary N) is 2. The van der Waals surface area contributed by atoms with E-state index in [2.05, 4.69) is 20.3 Å². The van der Waals surface area contributed by atoms with E-state index in [9.17, 15) is 9.59 Å². The van der Waals surface area contributed by atoms with Crippen molar-refractivity contribution in [2.24, 2.45) is 27.4 Å². The highest BCUT2D eigenvalue weighted by atomic mass is 16.5.